The first kappa shape index (κ1) is 34.1. The fourth-order valence-electron chi connectivity index (χ4n) is 6.28. The topological polar surface area (TPSA) is 109 Å². The molecule has 3 heterocycles. The second kappa shape index (κ2) is 14.9. The molecule has 256 valence electrons. The number of rotatable bonds is 11. The van der Waals surface area contributed by atoms with E-state index < -0.39 is 12.0 Å². The van der Waals surface area contributed by atoms with Crippen LogP contribution in [-0.2, 0) is 17.0 Å². The van der Waals surface area contributed by atoms with E-state index in [1.54, 1.807) is 11.3 Å². The van der Waals surface area contributed by atoms with Crippen molar-refractivity contribution in [2.24, 2.45) is 4.99 Å². The van der Waals surface area contributed by atoms with Gasteiger partial charge >= 0.3 is 5.97 Å². The number of aliphatic carboxylic acids is 1. The van der Waals surface area contributed by atoms with Crippen molar-refractivity contribution in [3.05, 3.63) is 153 Å². The van der Waals surface area contributed by atoms with E-state index in [1.165, 1.54) is 16.0 Å². The zero-order chi connectivity index (χ0) is 35.5. The Morgan fingerprint density at radius 2 is 1.53 bits per heavy atom. The third-order valence-corrected chi connectivity index (χ3v) is 11.3. The van der Waals surface area contributed by atoms with Crippen molar-refractivity contribution in [3.63, 3.8) is 0 Å². The Kier molecular flexibility index (Phi) is 9.96. The van der Waals surface area contributed by atoms with Gasteiger partial charge < -0.3 is 10.4 Å². The lowest BCUT2D eigenvalue weighted by Gasteiger charge is -2.12. The molecule has 1 aliphatic heterocycles. The van der Waals surface area contributed by atoms with Crippen LogP contribution in [0, 0.1) is 20.8 Å². The molecule has 2 N–H and O–H groups in total. The molecule has 0 saturated carbocycles. The summed E-state index contributed by atoms with van der Waals surface area (Å²) < 4.78 is 1.96. The van der Waals surface area contributed by atoms with Crippen molar-refractivity contribution in [3.8, 4) is 16.1 Å². The normalized spacial score (nSPS) is 13.5. The largest absolute Gasteiger partial charge is 0.481 e. The molecule has 1 aliphatic rings. The number of nitrogens with zero attached hydrogens (tertiary/aromatic N) is 4. The number of carbonyl (C=O) groups excluding carboxylic acids is 1. The molecule has 0 fully saturated rings. The first-order valence-corrected chi connectivity index (χ1v) is 18.6. The van der Waals surface area contributed by atoms with Gasteiger partial charge in [0.15, 0.2) is 5.82 Å². The highest BCUT2D eigenvalue weighted by atomic mass is 32.2. The van der Waals surface area contributed by atoms with Gasteiger partial charge in [0.1, 0.15) is 16.9 Å². The minimum absolute atomic E-state index is 0.101. The number of thioether (sulfide) groups is 1. The van der Waals surface area contributed by atoms with Crippen LogP contribution < -0.4 is 5.32 Å². The molecule has 0 aliphatic carbocycles. The number of benzene rings is 4. The molecule has 0 bridgehead atoms. The average Bonchev–Trinajstić information content (AvgIpc) is 3.62. The van der Waals surface area contributed by atoms with Crippen molar-refractivity contribution >= 4 is 40.7 Å². The number of nitrogens with one attached hydrogen (secondary N) is 1. The number of fused-ring (bicyclic) bond motifs is 3. The summed E-state index contributed by atoms with van der Waals surface area (Å²) in [7, 11) is 0. The zero-order valence-corrected chi connectivity index (χ0v) is 30.2. The molecule has 0 unspecified atom stereocenters. The summed E-state index contributed by atoms with van der Waals surface area (Å²) in [5, 5.41) is 22.4. The zero-order valence-electron chi connectivity index (χ0n) is 28.6. The highest BCUT2D eigenvalue weighted by molar-refractivity contribution is 7.98. The van der Waals surface area contributed by atoms with Gasteiger partial charge in [0, 0.05) is 38.8 Å². The highest BCUT2D eigenvalue weighted by Gasteiger charge is 2.32. The van der Waals surface area contributed by atoms with E-state index in [0.29, 0.717) is 23.8 Å². The summed E-state index contributed by atoms with van der Waals surface area (Å²) in [6.07, 6.45) is 0.567. The quantitative estimate of drug-likeness (QED) is 0.130. The number of aryl methyl sites for hydroxylation is 2. The molecular formula is C41H37N5O3S2. The second-order valence-corrected chi connectivity index (χ2v) is 14.8. The number of hydrogen-bond donors (Lipinski definition) is 2. The lowest BCUT2D eigenvalue weighted by atomic mass is 9.96. The maximum Gasteiger partial charge on any atom is 0.306 e. The number of hydrogen-bond acceptors (Lipinski definition) is 7. The molecule has 0 spiro atoms. The van der Waals surface area contributed by atoms with Gasteiger partial charge in [-0.05, 0) is 79.3 Å². The van der Waals surface area contributed by atoms with E-state index in [9.17, 15) is 14.7 Å². The van der Waals surface area contributed by atoms with E-state index >= 15 is 0 Å². The van der Waals surface area contributed by atoms with E-state index in [-0.39, 0.29) is 12.3 Å². The van der Waals surface area contributed by atoms with Gasteiger partial charge in [-0.3, -0.25) is 19.1 Å². The highest BCUT2D eigenvalue weighted by Crippen LogP contribution is 2.39. The van der Waals surface area contributed by atoms with Gasteiger partial charge in [-0.25, -0.2) is 0 Å². The number of aliphatic imine (C=N–C) groups is 1. The van der Waals surface area contributed by atoms with Crippen molar-refractivity contribution in [2.45, 2.75) is 50.3 Å². The Morgan fingerprint density at radius 3 is 2.25 bits per heavy atom. The number of carboxylic acids is 1. The average molecular weight is 712 g/mol. The van der Waals surface area contributed by atoms with Crippen molar-refractivity contribution in [1.29, 1.82) is 0 Å². The summed E-state index contributed by atoms with van der Waals surface area (Å²) in [6, 6.07) is 34.0. The van der Waals surface area contributed by atoms with Crippen LogP contribution in [-0.4, -0.2) is 44.0 Å². The molecule has 7 rings (SSSR count). The maximum atomic E-state index is 13.0. The predicted octanol–water partition coefficient (Wildman–Crippen LogP) is 8.55. The van der Waals surface area contributed by atoms with E-state index in [4.69, 9.17) is 4.99 Å². The number of amides is 1. The summed E-state index contributed by atoms with van der Waals surface area (Å²) in [5.41, 5.74) is 8.81. The number of carboxylic acid groups (broad SMARTS) is 1. The lowest BCUT2D eigenvalue weighted by molar-refractivity contribution is -0.137. The lowest BCUT2D eigenvalue weighted by Crippen LogP contribution is -2.25. The van der Waals surface area contributed by atoms with Gasteiger partial charge in [0.25, 0.3) is 5.91 Å². The molecule has 6 aromatic rings. The standard InChI is InChI=1S/C41H37N5O3S2/c1-25-26(2)51-41-37(25)38(43-35(23-36(47)48)39-45-44-27(3)46(39)41)32-16-12-30(13-17-32)31-14-18-33(19-15-31)40(49)42-21-20-28-10-7-11-34(22-28)50-24-29-8-5-4-6-9-29/h4-19,22,35H,20-21,23-24H2,1-3H3,(H,42,49)(H,47,48)/t35-/m0/s1. The Hall–Kier alpha value is -5.32. The molecule has 4 aromatic carbocycles. The Morgan fingerprint density at radius 1 is 0.843 bits per heavy atom. The van der Waals surface area contributed by atoms with Crippen molar-refractivity contribution < 1.29 is 14.7 Å². The molecule has 0 radical (unpaired) electrons. The van der Waals surface area contributed by atoms with Crippen molar-refractivity contribution in [2.75, 3.05) is 6.54 Å². The maximum absolute atomic E-state index is 13.0. The minimum atomic E-state index is -0.944. The fourth-order valence-corrected chi connectivity index (χ4v) is 8.43. The summed E-state index contributed by atoms with van der Waals surface area (Å²) in [6.45, 7) is 6.59. The molecular weight excluding hydrogens is 675 g/mol. The third kappa shape index (κ3) is 7.43. The second-order valence-electron chi connectivity index (χ2n) is 12.6. The van der Waals surface area contributed by atoms with Gasteiger partial charge in [-0.15, -0.1) is 33.3 Å². The Labute approximate surface area is 305 Å². The first-order valence-electron chi connectivity index (χ1n) is 16.8. The van der Waals surface area contributed by atoms with Gasteiger partial charge in [-0.1, -0.05) is 78.9 Å². The summed E-state index contributed by atoms with van der Waals surface area (Å²) in [4.78, 5) is 32.3. The van der Waals surface area contributed by atoms with Crippen LogP contribution in [0.25, 0.3) is 16.1 Å². The van der Waals surface area contributed by atoms with E-state index in [0.717, 1.165) is 55.6 Å². The van der Waals surface area contributed by atoms with Crippen LogP contribution in [0.5, 0.6) is 0 Å². The van der Waals surface area contributed by atoms with Gasteiger partial charge in [-0.2, -0.15) is 0 Å². The molecule has 51 heavy (non-hydrogen) atoms. The molecule has 0 saturated heterocycles. The van der Waals surface area contributed by atoms with Gasteiger partial charge in [0.05, 0.1) is 12.1 Å². The fraction of sp³-hybridized carbons (Fsp3) is 0.195. The van der Waals surface area contributed by atoms with Crippen molar-refractivity contribution in [1.82, 2.24) is 20.1 Å². The molecule has 1 atom stereocenters. The Bertz CT molecular complexity index is 2240. The van der Waals surface area contributed by atoms with Crippen LogP contribution >= 0.6 is 23.1 Å². The summed E-state index contributed by atoms with van der Waals surface area (Å²) in [5.74, 6) is 1.12. The molecule has 1 amide bonds. The van der Waals surface area contributed by atoms with E-state index in [2.05, 4.69) is 77.9 Å². The number of aromatic nitrogens is 3. The van der Waals surface area contributed by atoms with Crippen LogP contribution in [0.1, 0.15) is 67.2 Å². The number of thiophene rings is 1. The van der Waals surface area contributed by atoms with E-state index in [1.807, 2.05) is 77.9 Å². The monoisotopic (exact) mass is 711 g/mol. The summed E-state index contributed by atoms with van der Waals surface area (Å²) >= 11 is 3.45. The van der Waals surface area contributed by atoms with Crippen LogP contribution in [0.3, 0.4) is 0 Å². The number of carbonyl (C=O) groups is 2. The third-order valence-electron chi connectivity index (χ3n) is 9.09. The molecule has 8 nitrogen and oxygen atoms in total. The van der Waals surface area contributed by atoms with Gasteiger partial charge in [0.2, 0.25) is 0 Å². The molecule has 2 aromatic heterocycles. The Balaban J connectivity index is 1.02. The van der Waals surface area contributed by atoms with Crippen LogP contribution in [0.2, 0.25) is 0 Å². The minimum Gasteiger partial charge on any atom is -0.481 e. The SMILES string of the molecule is Cc1sc2c(c1C)C(c1ccc(-c3ccc(C(=O)NCCc4cccc(SCc5ccccc5)c4)cc3)cc1)=N[C@@H](CC(=O)O)c1nnc(C)n1-2. The smallest absolute Gasteiger partial charge is 0.306 e. The first-order chi connectivity index (χ1) is 24.7. The predicted molar refractivity (Wildman–Crippen MR) is 204 cm³/mol. The molecule has 10 heteroatoms. The van der Waals surface area contributed by atoms with Crippen LogP contribution in [0.4, 0.5) is 0 Å². The van der Waals surface area contributed by atoms with Crippen LogP contribution in [0.15, 0.2) is 113 Å².